The Morgan fingerprint density at radius 3 is 2.73 bits per heavy atom. The molecule has 0 bridgehead atoms. The van der Waals surface area contributed by atoms with Crippen LogP contribution in [0.4, 0.5) is 5.69 Å². The molecule has 6 nitrogen and oxygen atoms in total. The number of nitriles is 1. The predicted molar refractivity (Wildman–Crippen MR) is 99.3 cm³/mol. The largest absolute Gasteiger partial charge is 0.497 e. The maximum absolute atomic E-state index is 12.2. The molecule has 0 spiro atoms. The summed E-state index contributed by atoms with van der Waals surface area (Å²) in [5.74, 6) is -0.0303. The van der Waals surface area contributed by atoms with Gasteiger partial charge in [-0.1, -0.05) is 18.2 Å². The Kier molecular flexibility index (Phi) is 7.06. The Morgan fingerprint density at radius 2 is 2.00 bits per heavy atom. The molecule has 7 heteroatoms. The first kappa shape index (κ1) is 19.3. The van der Waals surface area contributed by atoms with E-state index in [1.165, 1.54) is 18.7 Å². The number of ether oxygens (including phenoxy) is 2. The summed E-state index contributed by atoms with van der Waals surface area (Å²) in [6, 6.07) is 15.7. The highest BCUT2D eigenvalue weighted by molar-refractivity contribution is 8.00. The van der Waals surface area contributed by atoms with Gasteiger partial charge in [0.15, 0.2) is 6.10 Å². The third-order valence-electron chi connectivity index (χ3n) is 3.28. The molecule has 0 aliphatic heterocycles. The molecular formula is C19H18N2O4S. The lowest BCUT2D eigenvalue weighted by Crippen LogP contribution is -2.16. The monoisotopic (exact) mass is 370 g/mol. The van der Waals surface area contributed by atoms with E-state index in [1.807, 2.05) is 6.07 Å². The van der Waals surface area contributed by atoms with Crippen molar-refractivity contribution in [2.75, 3.05) is 18.2 Å². The molecule has 134 valence electrons. The summed E-state index contributed by atoms with van der Waals surface area (Å²) in [5, 5.41) is 11.5. The second-order valence-corrected chi connectivity index (χ2v) is 6.26. The topological polar surface area (TPSA) is 88.4 Å². The minimum atomic E-state index is -0.836. The lowest BCUT2D eigenvalue weighted by atomic mass is 10.2. The molecule has 2 aromatic rings. The van der Waals surface area contributed by atoms with Gasteiger partial charge in [-0.3, -0.25) is 4.79 Å². The fourth-order valence-electron chi connectivity index (χ4n) is 2.05. The first-order chi connectivity index (χ1) is 12.5. The molecule has 2 rings (SSSR count). The van der Waals surface area contributed by atoms with Gasteiger partial charge in [-0.15, -0.1) is 11.8 Å². The number of esters is 1. The number of thioether (sulfide) groups is 1. The number of nitrogens with one attached hydrogen (secondary N) is 1. The van der Waals surface area contributed by atoms with Crippen molar-refractivity contribution in [2.24, 2.45) is 0 Å². The number of nitrogens with zero attached hydrogens (tertiary/aromatic N) is 1. The summed E-state index contributed by atoms with van der Waals surface area (Å²) in [6.45, 7) is 1.50. The van der Waals surface area contributed by atoms with Gasteiger partial charge in [0.05, 0.1) is 18.4 Å². The van der Waals surface area contributed by atoms with Gasteiger partial charge in [0.1, 0.15) is 11.8 Å². The molecule has 0 aliphatic carbocycles. The molecule has 0 fully saturated rings. The molecule has 0 saturated heterocycles. The van der Waals surface area contributed by atoms with Gasteiger partial charge in [-0.25, -0.2) is 4.79 Å². The van der Waals surface area contributed by atoms with Crippen LogP contribution in [0.2, 0.25) is 0 Å². The van der Waals surface area contributed by atoms with Crippen LogP contribution in [-0.2, 0) is 9.53 Å². The van der Waals surface area contributed by atoms with Crippen molar-refractivity contribution in [3.8, 4) is 11.8 Å². The van der Waals surface area contributed by atoms with E-state index in [4.69, 9.17) is 14.7 Å². The number of rotatable bonds is 7. The quantitative estimate of drug-likeness (QED) is 0.593. The Hall–Kier alpha value is -2.98. The third kappa shape index (κ3) is 5.53. The Labute approximate surface area is 156 Å². The summed E-state index contributed by atoms with van der Waals surface area (Å²) in [5.41, 5.74) is 0.958. The van der Waals surface area contributed by atoms with Gasteiger partial charge in [0.2, 0.25) is 5.91 Å². The number of methoxy groups -OCH3 is 1. The normalized spacial score (nSPS) is 11.1. The Balaban J connectivity index is 1.99. The third-order valence-corrected chi connectivity index (χ3v) is 4.36. The molecule has 1 N–H and O–H groups in total. The average Bonchev–Trinajstić information content (AvgIpc) is 2.66. The number of hydrogen-bond donors (Lipinski definition) is 1. The van der Waals surface area contributed by atoms with Gasteiger partial charge in [-0.2, -0.15) is 5.26 Å². The van der Waals surface area contributed by atoms with Crippen molar-refractivity contribution >= 4 is 29.3 Å². The molecule has 26 heavy (non-hydrogen) atoms. The molecule has 0 aliphatic rings. The van der Waals surface area contributed by atoms with Crippen LogP contribution in [0, 0.1) is 11.3 Å². The standard InChI is InChI=1S/C19H18N2O4S/c1-13(11-20)25-19(23)16-8-3-4-9-17(16)26-12-18(22)21-14-6-5-7-15(10-14)24-2/h3-10,13H,12H2,1-2H3,(H,21,22)/t13-/m0/s1. The number of carbonyl (C=O) groups excluding carboxylic acids is 2. The van der Waals surface area contributed by atoms with Gasteiger partial charge >= 0.3 is 5.97 Å². The maximum Gasteiger partial charge on any atom is 0.340 e. The number of benzene rings is 2. The predicted octanol–water partition coefficient (Wildman–Crippen LogP) is 3.49. The smallest absolute Gasteiger partial charge is 0.340 e. The summed E-state index contributed by atoms with van der Waals surface area (Å²) >= 11 is 1.22. The van der Waals surface area contributed by atoms with Crippen molar-refractivity contribution in [3.63, 3.8) is 0 Å². The highest BCUT2D eigenvalue weighted by Gasteiger charge is 2.16. The van der Waals surface area contributed by atoms with Crippen molar-refractivity contribution in [1.29, 1.82) is 5.26 Å². The van der Waals surface area contributed by atoms with Gasteiger partial charge in [0.25, 0.3) is 0 Å². The zero-order valence-electron chi connectivity index (χ0n) is 14.4. The number of carbonyl (C=O) groups is 2. The molecule has 0 saturated carbocycles. The van der Waals surface area contributed by atoms with Crippen LogP contribution in [0.25, 0.3) is 0 Å². The van der Waals surface area contributed by atoms with E-state index in [2.05, 4.69) is 5.32 Å². The molecule has 0 heterocycles. The summed E-state index contributed by atoms with van der Waals surface area (Å²) in [7, 11) is 1.56. The van der Waals surface area contributed by atoms with Gasteiger partial charge in [0, 0.05) is 16.6 Å². The zero-order chi connectivity index (χ0) is 18.9. The SMILES string of the molecule is COc1cccc(NC(=O)CSc2ccccc2C(=O)O[C@@H](C)C#N)c1. The lowest BCUT2D eigenvalue weighted by Gasteiger charge is -2.10. The van der Waals surface area contributed by atoms with Crippen molar-refractivity contribution < 1.29 is 19.1 Å². The average molecular weight is 370 g/mol. The maximum atomic E-state index is 12.2. The molecular weight excluding hydrogens is 352 g/mol. The molecule has 2 aromatic carbocycles. The number of anilines is 1. The van der Waals surface area contributed by atoms with Crippen LogP contribution in [-0.4, -0.2) is 30.8 Å². The van der Waals surface area contributed by atoms with Crippen LogP contribution < -0.4 is 10.1 Å². The van der Waals surface area contributed by atoms with Crippen LogP contribution in [0.1, 0.15) is 17.3 Å². The Bertz CT molecular complexity index is 832. The van der Waals surface area contributed by atoms with E-state index in [9.17, 15) is 9.59 Å². The zero-order valence-corrected chi connectivity index (χ0v) is 15.2. The van der Waals surface area contributed by atoms with E-state index in [-0.39, 0.29) is 11.7 Å². The highest BCUT2D eigenvalue weighted by Crippen LogP contribution is 2.24. The second-order valence-electron chi connectivity index (χ2n) is 5.24. The summed E-state index contributed by atoms with van der Waals surface area (Å²) in [4.78, 5) is 24.9. The Morgan fingerprint density at radius 1 is 1.23 bits per heavy atom. The second kappa shape index (κ2) is 9.49. The van der Waals surface area contributed by atoms with Crippen LogP contribution >= 0.6 is 11.8 Å². The molecule has 0 unspecified atom stereocenters. The van der Waals surface area contributed by atoms with E-state index in [1.54, 1.807) is 55.6 Å². The van der Waals surface area contributed by atoms with Crippen molar-refractivity contribution in [1.82, 2.24) is 0 Å². The van der Waals surface area contributed by atoms with E-state index < -0.39 is 12.1 Å². The molecule has 0 radical (unpaired) electrons. The summed E-state index contributed by atoms with van der Waals surface area (Å²) < 4.78 is 10.1. The minimum Gasteiger partial charge on any atom is -0.497 e. The first-order valence-corrected chi connectivity index (χ1v) is 8.78. The number of amides is 1. The van der Waals surface area contributed by atoms with Crippen molar-refractivity contribution in [3.05, 3.63) is 54.1 Å². The fraction of sp³-hybridized carbons (Fsp3) is 0.211. The van der Waals surface area contributed by atoms with Gasteiger partial charge < -0.3 is 14.8 Å². The molecule has 1 amide bonds. The van der Waals surface area contributed by atoms with Crippen LogP contribution in [0.3, 0.4) is 0 Å². The van der Waals surface area contributed by atoms with Crippen LogP contribution in [0.15, 0.2) is 53.4 Å². The fourth-order valence-corrected chi connectivity index (χ4v) is 2.89. The highest BCUT2D eigenvalue weighted by atomic mass is 32.2. The molecule has 0 aromatic heterocycles. The minimum absolute atomic E-state index is 0.120. The van der Waals surface area contributed by atoms with E-state index in [0.29, 0.717) is 21.9 Å². The van der Waals surface area contributed by atoms with Gasteiger partial charge in [-0.05, 0) is 31.2 Å². The van der Waals surface area contributed by atoms with E-state index in [0.717, 1.165) is 0 Å². The first-order valence-electron chi connectivity index (χ1n) is 7.80. The summed E-state index contributed by atoms with van der Waals surface area (Å²) in [6.07, 6.45) is -0.836. The number of hydrogen-bond acceptors (Lipinski definition) is 6. The lowest BCUT2D eigenvalue weighted by molar-refractivity contribution is -0.113. The molecule has 1 atom stereocenters. The van der Waals surface area contributed by atoms with Crippen molar-refractivity contribution in [2.45, 2.75) is 17.9 Å². The van der Waals surface area contributed by atoms with Crippen LogP contribution in [0.5, 0.6) is 5.75 Å². The van der Waals surface area contributed by atoms with E-state index >= 15 is 0 Å².